The smallest absolute Gasteiger partial charge is 0.245 e. The zero-order valence-electron chi connectivity index (χ0n) is 14.2. The van der Waals surface area contributed by atoms with Gasteiger partial charge in [-0.25, -0.2) is 4.39 Å². The summed E-state index contributed by atoms with van der Waals surface area (Å²) in [6.45, 7) is 7.61. The molecule has 1 aromatic carbocycles. The lowest BCUT2D eigenvalue weighted by atomic mass is 9.95. The van der Waals surface area contributed by atoms with E-state index in [1.54, 1.807) is 24.0 Å². The van der Waals surface area contributed by atoms with E-state index in [1.807, 2.05) is 20.8 Å². The van der Waals surface area contributed by atoms with Crippen LogP contribution in [-0.4, -0.2) is 28.8 Å². The van der Waals surface area contributed by atoms with Gasteiger partial charge < -0.3 is 10.2 Å². The molecule has 2 rings (SSSR count). The fourth-order valence-corrected chi connectivity index (χ4v) is 2.28. The van der Waals surface area contributed by atoms with Crippen LogP contribution in [0.1, 0.15) is 46.1 Å². The number of nitrogens with zero attached hydrogens (tertiary/aromatic N) is 1. The fraction of sp³-hybridized carbons (Fsp3) is 0.556. The molecule has 1 aliphatic rings. The summed E-state index contributed by atoms with van der Waals surface area (Å²) in [6, 6.07) is 5.84. The minimum Gasteiger partial charge on any atom is -0.344 e. The summed E-state index contributed by atoms with van der Waals surface area (Å²) in [5, 5.41) is 2.79. The van der Waals surface area contributed by atoms with Gasteiger partial charge in [0.05, 0.1) is 0 Å². The number of hydrogen-bond donors (Lipinski definition) is 1. The van der Waals surface area contributed by atoms with E-state index in [0.29, 0.717) is 6.54 Å². The Kier molecular flexibility index (Phi) is 5.07. The molecule has 1 unspecified atom stereocenters. The highest BCUT2D eigenvalue weighted by Gasteiger charge is 2.35. The van der Waals surface area contributed by atoms with Crippen LogP contribution in [0.3, 0.4) is 0 Å². The third kappa shape index (κ3) is 4.78. The Morgan fingerprint density at radius 3 is 2.30 bits per heavy atom. The van der Waals surface area contributed by atoms with Crippen LogP contribution < -0.4 is 5.32 Å². The molecule has 126 valence electrons. The maximum Gasteiger partial charge on any atom is 0.245 e. The summed E-state index contributed by atoms with van der Waals surface area (Å²) in [5.74, 6) is -0.519. The molecule has 0 heterocycles. The molecule has 0 spiro atoms. The van der Waals surface area contributed by atoms with E-state index in [-0.39, 0.29) is 23.7 Å². The van der Waals surface area contributed by atoms with Crippen molar-refractivity contribution in [3.63, 3.8) is 0 Å². The molecule has 0 aromatic heterocycles. The van der Waals surface area contributed by atoms with Crippen molar-refractivity contribution < 1.29 is 14.0 Å². The first-order chi connectivity index (χ1) is 10.7. The summed E-state index contributed by atoms with van der Waals surface area (Å²) in [5.41, 5.74) is 0.358. The molecule has 1 fully saturated rings. The van der Waals surface area contributed by atoms with Gasteiger partial charge in [0.2, 0.25) is 11.8 Å². The summed E-state index contributed by atoms with van der Waals surface area (Å²) >= 11 is 0. The van der Waals surface area contributed by atoms with E-state index in [1.165, 1.54) is 12.1 Å². The molecule has 1 aromatic rings. The first-order valence-electron chi connectivity index (χ1n) is 8.04. The van der Waals surface area contributed by atoms with Crippen LogP contribution in [0, 0.1) is 11.2 Å². The van der Waals surface area contributed by atoms with Gasteiger partial charge in [-0.1, -0.05) is 32.9 Å². The number of rotatable bonds is 5. The van der Waals surface area contributed by atoms with Crippen molar-refractivity contribution in [1.82, 2.24) is 10.2 Å². The SMILES string of the molecule is CC(NC(=O)C(C)(C)C)C(=O)N(Cc1ccc(F)cc1)C1CC1. The van der Waals surface area contributed by atoms with Gasteiger partial charge in [-0.15, -0.1) is 0 Å². The van der Waals surface area contributed by atoms with Crippen molar-refractivity contribution in [2.24, 2.45) is 5.41 Å². The second-order valence-electron chi connectivity index (χ2n) is 7.27. The monoisotopic (exact) mass is 320 g/mol. The average molecular weight is 320 g/mol. The number of carbonyl (C=O) groups excluding carboxylic acids is 2. The lowest BCUT2D eigenvalue weighted by Crippen LogP contribution is -2.50. The maximum atomic E-state index is 13.0. The molecule has 0 bridgehead atoms. The van der Waals surface area contributed by atoms with Gasteiger partial charge in [-0.2, -0.15) is 0 Å². The van der Waals surface area contributed by atoms with Crippen molar-refractivity contribution in [1.29, 1.82) is 0 Å². The number of amides is 2. The van der Waals surface area contributed by atoms with Crippen LogP contribution in [-0.2, 0) is 16.1 Å². The molecule has 2 amide bonds. The van der Waals surface area contributed by atoms with E-state index in [9.17, 15) is 14.0 Å². The predicted molar refractivity (Wildman–Crippen MR) is 87.0 cm³/mol. The minimum atomic E-state index is -0.567. The van der Waals surface area contributed by atoms with Crippen molar-refractivity contribution >= 4 is 11.8 Å². The third-order valence-corrected chi connectivity index (χ3v) is 3.94. The second kappa shape index (κ2) is 6.69. The Hall–Kier alpha value is -1.91. The van der Waals surface area contributed by atoms with Crippen LogP contribution in [0.15, 0.2) is 24.3 Å². The van der Waals surface area contributed by atoms with Gasteiger partial charge >= 0.3 is 0 Å². The van der Waals surface area contributed by atoms with Crippen molar-refractivity contribution in [3.05, 3.63) is 35.6 Å². The Morgan fingerprint density at radius 2 is 1.83 bits per heavy atom. The molecule has 1 atom stereocenters. The topological polar surface area (TPSA) is 49.4 Å². The van der Waals surface area contributed by atoms with Gasteiger partial charge in [-0.05, 0) is 37.5 Å². The number of nitrogens with one attached hydrogen (secondary N) is 1. The van der Waals surface area contributed by atoms with E-state index in [2.05, 4.69) is 5.32 Å². The lowest BCUT2D eigenvalue weighted by molar-refractivity contribution is -0.139. The van der Waals surface area contributed by atoms with Crippen LogP contribution in [0.2, 0.25) is 0 Å². The van der Waals surface area contributed by atoms with Gasteiger partial charge in [0.25, 0.3) is 0 Å². The summed E-state index contributed by atoms with van der Waals surface area (Å²) < 4.78 is 13.0. The number of carbonyl (C=O) groups is 2. The largest absolute Gasteiger partial charge is 0.344 e. The van der Waals surface area contributed by atoms with Crippen molar-refractivity contribution in [2.45, 2.75) is 59.2 Å². The Bertz CT molecular complexity index is 574. The standard InChI is InChI=1S/C18H25FN2O2/c1-12(20-17(23)18(2,3)4)16(22)21(15-9-10-15)11-13-5-7-14(19)8-6-13/h5-8,12,15H,9-11H2,1-4H3,(H,20,23). The van der Waals surface area contributed by atoms with Crippen molar-refractivity contribution in [2.75, 3.05) is 0 Å². The predicted octanol–water partition coefficient (Wildman–Crippen LogP) is 2.87. The van der Waals surface area contributed by atoms with E-state index >= 15 is 0 Å². The van der Waals surface area contributed by atoms with Crippen molar-refractivity contribution in [3.8, 4) is 0 Å². The normalized spacial score (nSPS) is 15.9. The fourth-order valence-electron chi connectivity index (χ4n) is 2.28. The molecule has 0 aliphatic heterocycles. The zero-order chi connectivity index (χ0) is 17.2. The first kappa shape index (κ1) is 17.4. The van der Waals surface area contributed by atoms with E-state index < -0.39 is 11.5 Å². The van der Waals surface area contributed by atoms with E-state index in [0.717, 1.165) is 18.4 Å². The number of halogens is 1. The second-order valence-corrected chi connectivity index (χ2v) is 7.27. The highest BCUT2D eigenvalue weighted by Crippen LogP contribution is 2.29. The van der Waals surface area contributed by atoms with Crippen LogP contribution in [0.25, 0.3) is 0 Å². The summed E-state index contributed by atoms with van der Waals surface area (Å²) in [7, 11) is 0. The molecule has 1 saturated carbocycles. The maximum absolute atomic E-state index is 13.0. The van der Waals surface area contributed by atoms with Gasteiger partial charge in [0, 0.05) is 18.0 Å². The molecular formula is C18H25FN2O2. The summed E-state index contributed by atoms with van der Waals surface area (Å²) in [6.07, 6.45) is 1.96. The Labute approximate surface area is 137 Å². The molecule has 4 nitrogen and oxygen atoms in total. The molecule has 0 radical (unpaired) electrons. The van der Waals surface area contributed by atoms with Crippen LogP contribution >= 0.6 is 0 Å². The molecule has 1 N–H and O–H groups in total. The number of benzene rings is 1. The molecule has 0 saturated heterocycles. The average Bonchev–Trinajstić information content (AvgIpc) is 3.29. The summed E-state index contributed by atoms with van der Waals surface area (Å²) in [4.78, 5) is 26.5. The Balaban J connectivity index is 2.03. The highest BCUT2D eigenvalue weighted by molar-refractivity contribution is 5.89. The van der Waals surface area contributed by atoms with E-state index in [4.69, 9.17) is 0 Å². The quantitative estimate of drug-likeness (QED) is 0.907. The van der Waals surface area contributed by atoms with Gasteiger partial charge in [0.1, 0.15) is 11.9 Å². The van der Waals surface area contributed by atoms with Crippen LogP contribution in [0.4, 0.5) is 4.39 Å². The first-order valence-corrected chi connectivity index (χ1v) is 8.04. The lowest BCUT2D eigenvalue weighted by Gasteiger charge is -2.28. The number of hydrogen-bond acceptors (Lipinski definition) is 2. The van der Waals surface area contributed by atoms with Gasteiger partial charge in [-0.3, -0.25) is 9.59 Å². The van der Waals surface area contributed by atoms with Crippen LogP contribution in [0.5, 0.6) is 0 Å². The zero-order valence-corrected chi connectivity index (χ0v) is 14.2. The molecule has 5 heteroatoms. The van der Waals surface area contributed by atoms with Gasteiger partial charge in [0.15, 0.2) is 0 Å². The Morgan fingerprint density at radius 1 is 1.26 bits per heavy atom. The molecule has 23 heavy (non-hydrogen) atoms. The molecular weight excluding hydrogens is 295 g/mol. The molecule has 1 aliphatic carbocycles. The third-order valence-electron chi connectivity index (χ3n) is 3.94. The highest BCUT2D eigenvalue weighted by atomic mass is 19.1. The minimum absolute atomic E-state index is 0.0885.